The lowest BCUT2D eigenvalue weighted by molar-refractivity contribution is -0.147. The van der Waals surface area contributed by atoms with Crippen LogP contribution in [-0.4, -0.2) is 33.8 Å². The highest BCUT2D eigenvalue weighted by atomic mass is 32.2. The van der Waals surface area contributed by atoms with Crippen molar-refractivity contribution in [1.29, 1.82) is 0 Å². The van der Waals surface area contributed by atoms with Crippen molar-refractivity contribution < 1.29 is 9.59 Å². The predicted octanol–water partition coefficient (Wildman–Crippen LogP) is 0.887. The summed E-state index contributed by atoms with van der Waals surface area (Å²) in [7, 11) is 0. The summed E-state index contributed by atoms with van der Waals surface area (Å²) < 4.78 is 0. The Morgan fingerprint density at radius 2 is 1.58 bits per heavy atom. The molecule has 0 aromatic heterocycles. The summed E-state index contributed by atoms with van der Waals surface area (Å²) in [4.78, 5) is 24.0. The second-order valence-corrected chi connectivity index (χ2v) is 4.77. The SMILES string of the molecule is CC(C)(C)N1C(=O)CSCC1=O. The lowest BCUT2D eigenvalue weighted by Crippen LogP contribution is -2.53. The van der Waals surface area contributed by atoms with Crippen molar-refractivity contribution in [2.45, 2.75) is 26.3 Å². The van der Waals surface area contributed by atoms with E-state index >= 15 is 0 Å². The molecule has 12 heavy (non-hydrogen) atoms. The Labute approximate surface area is 76.5 Å². The molecule has 0 aromatic rings. The highest BCUT2D eigenvalue weighted by Gasteiger charge is 2.34. The van der Waals surface area contributed by atoms with E-state index in [-0.39, 0.29) is 17.4 Å². The number of hydrogen-bond donors (Lipinski definition) is 0. The fraction of sp³-hybridized carbons (Fsp3) is 0.750. The number of thioether (sulfide) groups is 1. The highest BCUT2D eigenvalue weighted by Crippen LogP contribution is 2.21. The minimum Gasteiger partial charge on any atom is -0.276 e. The Balaban J connectivity index is 2.84. The van der Waals surface area contributed by atoms with E-state index in [2.05, 4.69) is 0 Å². The second kappa shape index (κ2) is 3.09. The number of imide groups is 1. The summed E-state index contributed by atoms with van der Waals surface area (Å²) in [6.45, 7) is 5.62. The van der Waals surface area contributed by atoms with Gasteiger partial charge in [0.2, 0.25) is 11.8 Å². The number of rotatable bonds is 0. The largest absolute Gasteiger partial charge is 0.276 e. The molecule has 0 atom stereocenters. The average molecular weight is 187 g/mol. The van der Waals surface area contributed by atoms with E-state index in [0.717, 1.165) is 0 Å². The molecule has 3 nitrogen and oxygen atoms in total. The van der Waals surface area contributed by atoms with E-state index in [1.807, 2.05) is 20.8 Å². The standard InChI is InChI=1S/C8H13NO2S/c1-8(2,3)9-6(10)4-12-5-7(9)11/h4-5H2,1-3H3. The zero-order chi connectivity index (χ0) is 9.35. The Kier molecular flexibility index (Phi) is 2.46. The Hall–Kier alpha value is -0.510. The first-order valence-electron chi connectivity index (χ1n) is 3.86. The summed E-state index contributed by atoms with van der Waals surface area (Å²) in [5.74, 6) is 0.735. The molecular weight excluding hydrogens is 174 g/mol. The minimum atomic E-state index is -0.366. The van der Waals surface area contributed by atoms with Gasteiger partial charge in [0.1, 0.15) is 0 Å². The molecule has 68 valence electrons. The number of amides is 2. The summed E-state index contributed by atoms with van der Waals surface area (Å²) in [5.41, 5.74) is -0.366. The van der Waals surface area contributed by atoms with Gasteiger partial charge in [0, 0.05) is 5.54 Å². The van der Waals surface area contributed by atoms with Gasteiger partial charge >= 0.3 is 0 Å². The summed E-state index contributed by atoms with van der Waals surface area (Å²) in [6, 6.07) is 0. The number of carbonyl (C=O) groups excluding carboxylic acids is 2. The average Bonchev–Trinajstić information content (AvgIpc) is 1.82. The lowest BCUT2D eigenvalue weighted by atomic mass is 10.1. The summed E-state index contributed by atoms with van der Waals surface area (Å²) in [5, 5.41) is 0. The molecule has 1 aliphatic heterocycles. The third-order valence-corrected chi connectivity index (χ3v) is 2.52. The molecular formula is C8H13NO2S. The van der Waals surface area contributed by atoms with Gasteiger partial charge in [0.15, 0.2) is 0 Å². The molecule has 0 bridgehead atoms. The van der Waals surface area contributed by atoms with Gasteiger partial charge in [-0.05, 0) is 20.8 Å². The van der Waals surface area contributed by atoms with E-state index in [0.29, 0.717) is 11.5 Å². The topological polar surface area (TPSA) is 37.4 Å². The Morgan fingerprint density at radius 1 is 1.17 bits per heavy atom. The molecule has 2 amide bonds. The molecule has 0 aromatic carbocycles. The molecule has 1 rings (SSSR count). The van der Waals surface area contributed by atoms with Crippen LogP contribution in [0.2, 0.25) is 0 Å². The van der Waals surface area contributed by atoms with Crippen LogP contribution in [0.4, 0.5) is 0 Å². The summed E-state index contributed by atoms with van der Waals surface area (Å²) >= 11 is 1.39. The van der Waals surface area contributed by atoms with Gasteiger partial charge in [0.05, 0.1) is 11.5 Å². The second-order valence-electron chi connectivity index (χ2n) is 3.79. The van der Waals surface area contributed by atoms with Crippen LogP contribution in [0.1, 0.15) is 20.8 Å². The van der Waals surface area contributed by atoms with Crippen molar-refractivity contribution >= 4 is 23.6 Å². The monoisotopic (exact) mass is 187 g/mol. The van der Waals surface area contributed by atoms with Crippen LogP contribution in [0.15, 0.2) is 0 Å². The molecule has 1 saturated heterocycles. The first-order valence-corrected chi connectivity index (χ1v) is 5.02. The van der Waals surface area contributed by atoms with Crippen LogP contribution >= 0.6 is 11.8 Å². The van der Waals surface area contributed by atoms with Gasteiger partial charge in [0.25, 0.3) is 0 Å². The van der Waals surface area contributed by atoms with Crippen LogP contribution in [0, 0.1) is 0 Å². The van der Waals surface area contributed by atoms with Gasteiger partial charge < -0.3 is 0 Å². The van der Waals surface area contributed by atoms with E-state index in [1.54, 1.807) is 0 Å². The first kappa shape index (κ1) is 9.58. The van der Waals surface area contributed by atoms with Crippen molar-refractivity contribution in [2.24, 2.45) is 0 Å². The van der Waals surface area contributed by atoms with Gasteiger partial charge in [-0.25, -0.2) is 0 Å². The highest BCUT2D eigenvalue weighted by molar-refractivity contribution is 8.00. The fourth-order valence-electron chi connectivity index (χ4n) is 1.24. The maximum absolute atomic E-state index is 11.3. The quantitative estimate of drug-likeness (QED) is 0.528. The van der Waals surface area contributed by atoms with Gasteiger partial charge in [-0.2, -0.15) is 0 Å². The maximum Gasteiger partial charge on any atom is 0.239 e. The molecule has 0 spiro atoms. The van der Waals surface area contributed by atoms with Crippen molar-refractivity contribution in [2.75, 3.05) is 11.5 Å². The van der Waals surface area contributed by atoms with Crippen molar-refractivity contribution in [3.05, 3.63) is 0 Å². The molecule has 0 saturated carbocycles. The third-order valence-electron chi connectivity index (χ3n) is 1.62. The zero-order valence-electron chi connectivity index (χ0n) is 7.59. The van der Waals surface area contributed by atoms with Gasteiger partial charge in [-0.15, -0.1) is 11.8 Å². The van der Waals surface area contributed by atoms with Crippen LogP contribution in [0.5, 0.6) is 0 Å². The molecule has 4 heteroatoms. The van der Waals surface area contributed by atoms with Gasteiger partial charge in [-0.1, -0.05) is 0 Å². The number of hydrogen-bond acceptors (Lipinski definition) is 3. The Morgan fingerprint density at radius 3 is 1.83 bits per heavy atom. The van der Waals surface area contributed by atoms with E-state index < -0.39 is 0 Å². The van der Waals surface area contributed by atoms with Crippen LogP contribution in [0.25, 0.3) is 0 Å². The normalized spacial score (nSPS) is 20.1. The number of nitrogens with zero attached hydrogens (tertiary/aromatic N) is 1. The van der Waals surface area contributed by atoms with E-state index in [4.69, 9.17) is 0 Å². The van der Waals surface area contributed by atoms with Gasteiger partial charge in [-0.3, -0.25) is 14.5 Å². The predicted molar refractivity (Wildman–Crippen MR) is 48.9 cm³/mol. The van der Waals surface area contributed by atoms with Crippen LogP contribution in [-0.2, 0) is 9.59 Å². The van der Waals surface area contributed by atoms with Crippen LogP contribution in [0.3, 0.4) is 0 Å². The fourth-order valence-corrected chi connectivity index (χ4v) is 1.95. The van der Waals surface area contributed by atoms with Crippen molar-refractivity contribution in [3.8, 4) is 0 Å². The lowest BCUT2D eigenvalue weighted by Gasteiger charge is -2.36. The van der Waals surface area contributed by atoms with Crippen LogP contribution < -0.4 is 0 Å². The molecule has 0 N–H and O–H groups in total. The molecule has 1 heterocycles. The van der Waals surface area contributed by atoms with E-state index in [1.165, 1.54) is 16.7 Å². The summed E-state index contributed by atoms with van der Waals surface area (Å²) in [6.07, 6.45) is 0. The third kappa shape index (κ3) is 1.80. The molecule has 1 fully saturated rings. The first-order chi connectivity index (χ1) is 5.43. The zero-order valence-corrected chi connectivity index (χ0v) is 8.40. The smallest absolute Gasteiger partial charge is 0.239 e. The molecule has 1 aliphatic rings. The Bertz CT molecular complexity index is 204. The van der Waals surface area contributed by atoms with Crippen molar-refractivity contribution in [3.63, 3.8) is 0 Å². The maximum atomic E-state index is 11.3. The molecule has 0 aliphatic carbocycles. The molecule has 0 unspecified atom stereocenters. The van der Waals surface area contributed by atoms with Crippen molar-refractivity contribution in [1.82, 2.24) is 4.90 Å². The number of carbonyl (C=O) groups is 2. The minimum absolute atomic E-state index is 0.0660. The van der Waals surface area contributed by atoms with E-state index in [9.17, 15) is 9.59 Å². The molecule has 0 radical (unpaired) electrons.